The van der Waals surface area contributed by atoms with Crippen LogP contribution in [0.5, 0.6) is 0 Å². The van der Waals surface area contributed by atoms with Crippen LogP contribution in [0.4, 0.5) is 13.2 Å². The number of nitrogens with two attached hydrogens (primary N) is 1. The number of amides is 2. The number of alkyl halides is 3. The first-order valence-corrected chi connectivity index (χ1v) is 10.8. The summed E-state index contributed by atoms with van der Waals surface area (Å²) in [6.45, 7) is -0.627. The number of rotatable bonds is 6. The van der Waals surface area contributed by atoms with E-state index in [1.165, 1.54) is 4.90 Å². The van der Waals surface area contributed by atoms with Gasteiger partial charge in [0.05, 0.1) is 13.1 Å². The molecule has 32 heavy (non-hydrogen) atoms. The molecule has 2 fully saturated rings. The number of hydrogen-bond acceptors (Lipinski definition) is 5. The summed E-state index contributed by atoms with van der Waals surface area (Å²) in [5.41, 5.74) is 6.99. The van der Waals surface area contributed by atoms with Crippen molar-refractivity contribution in [1.82, 2.24) is 9.80 Å². The minimum absolute atomic E-state index is 0.0815. The van der Waals surface area contributed by atoms with Crippen molar-refractivity contribution in [3.63, 3.8) is 0 Å². The van der Waals surface area contributed by atoms with Crippen LogP contribution in [0.2, 0.25) is 0 Å². The lowest BCUT2D eigenvalue weighted by Gasteiger charge is -2.34. The Morgan fingerprint density at radius 3 is 2.81 bits per heavy atom. The molecule has 0 unspecified atom stereocenters. The quantitative estimate of drug-likeness (QED) is 0.716. The first-order chi connectivity index (χ1) is 15.2. The molecule has 3 aliphatic rings. The van der Waals surface area contributed by atoms with E-state index in [0.717, 1.165) is 10.5 Å². The van der Waals surface area contributed by atoms with Gasteiger partial charge >= 0.3 is 0 Å². The molecule has 2 N–H and O–H groups in total. The lowest BCUT2D eigenvalue weighted by Crippen LogP contribution is -2.51. The molecule has 2 amide bonds. The van der Waals surface area contributed by atoms with Crippen molar-refractivity contribution in [1.29, 1.82) is 0 Å². The maximum absolute atomic E-state index is 14.2. The van der Waals surface area contributed by atoms with Crippen LogP contribution in [0.1, 0.15) is 37.3 Å². The fraction of sp³-hybridized carbons (Fsp3) is 0.591. The van der Waals surface area contributed by atoms with Gasteiger partial charge in [0.1, 0.15) is 24.9 Å². The molecule has 7 nitrogen and oxygen atoms in total. The maximum atomic E-state index is 14.2. The van der Waals surface area contributed by atoms with E-state index in [0.29, 0.717) is 12.5 Å². The highest BCUT2D eigenvalue weighted by Gasteiger charge is 2.43. The summed E-state index contributed by atoms with van der Waals surface area (Å²) in [5, 5.41) is 0. The molecule has 0 aromatic heterocycles. The van der Waals surface area contributed by atoms with Gasteiger partial charge in [-0.15, -0.1) is 0 Å². The maximum Gasteiger partial charge on any atom is 0.265 e. The van der Waals surface area contributed by atoms with Crippen molar-refractivity contribution < 1.29 is 27.5 Å². The molecular weight excluding hydrogens is 425 g/mol. The molecule has 0 aliphatic carbocycles. The lowest BCUT2D eigenvalue weighted by molar-refractivity contribution is -0.147. The summed E-state index contributed by atoms with van der Waals surface area (Å²) < 4.78 is 47.2. The number of likely N-dealkylation sites (tertiary alicyclic amines) is 2. The van der Waals surface area contributed by atoms with E-state index in [1.807, 2.05) is 30.3 Å². The van der Waals surface area contributed by atoms with Crippen LogP contribution in [0.15, 0.2) is 35.3 Å². The topological polar surface area (TPSA) is 88.2 Å². The predicted molar refractivity (Wildman–Crippen MR) is 111 cm³/mol. The summed E-state index contributed by atoms with van der Waals surface area (Å²) >= 11 is 0. The van der Waals surface area contributed by atoms with E-state index in [-0.39, 0.29) is 38.4 Å². The lowest BCUT2D eigenvalue weighted by atomic mass is 10.0. The molecule has 1 aromatic carbocycles. The van der Waals surface area contributed by atoms with Gasteiger partial charge in [0.25, 0.3) is 5.92 Å². The van der Waals surface area contributed by atoms with Crippen molar-refractivity contribution in [3.05, 3.63) is 35.9 Å². The van der Waals surface area contributed by atoms with Crippen LogP contribution in [-0.2, 0) is 14.3 Å². The van der Waals surface area contributed by atoms with E-state index < -0.39 is 49.0 Å². The van der Waals surface area contributed by atoms with Crippen LogP contribution in [0.25, 0.3) is 0 Å². The molecule has 4 rings (SSSR count). The molecule has 4 atom stereocenters. The van der Waals surface area contributed by atoms with Crippen molar-refractivity contribution in [3.8, 4) is 0 Å². The average molecular weight is 452 g/mol. The first-order valence-electron chi connectivity index (χ1n) is 10.8. The highest BCUT2D eigenvalue weighted by atomic mass is 19.3. The number of aliphatic imine (C=N–C) groups is 1. The number of benzene rings is 1. The highest BCUT2D eigenvalue weighted by Crippen LogP contribution is 2.30. The third-order valence-electron chi connectivity index (χ3n) is 6.08. The van der Waals surface area contributed by atoms with Gasteiger partial charge in [0.2, 0.25) is 17.7 Å². The highest BCUT2D eigenvalue weighted by molar-refractivity contribution is 5.89. The molecule has 3 aliphatic heterocycles. The summed E-state index contributed by atoms with van der Waals surface area (Å²) in [5.74, 6) is -3.44. The number of carbonyl (C=O) groups excluding carboxylic acids is 2. The van der Waals surface area contributed by atoms with Crippen molar-refractivity contribution in [2.24, 2.45) is 10.7 Å². The Morgan fingerprint density at radius 1 is 1.31 bits per heavy atom. The Labute approximate surface area is 184 Å². The SMILES string of the molecule is N[C@@H](CC(=O)N1C[C@@H](F)C[C@H]1C1=N[C@@H](c2ccccc2)CO1)CN1CC(F)(F)CCC1=O. The van der Waals surface area contributed by atoms with Gasteiger partial charge in [-0.1, -0.05) is 30.3 Å². The predicted octanol–water partition coefficient (Wildman–Crippen LogP) is 2.07. The van der Waals surface area contributed by atoms with E-state index in [4.69, 9.17) is 10.5 Å². The molecular formula is C22H27F3N4O3. The van der Waals surface area contributed by atoms with Gasteiger partial charge < -0.3 is 20.3 Å². The zero-order chi connectivity index (χ0) is 22.9. The van der Waals surface area contributed by atoms with Crippen molar-refractivity contribution in [2.75, 3.05) is 26.2 Å². The van der Waals surface area contributed by atoms with Gasteiger partial charge in [0, 0.05) is 38.3 Å². The monoisotopic (exact) mass is 452 g/mol. The Kier molecular flexibility index (Phi) is 6.41. The normalized spacial score (nSPS) is 28.4. The minimum Gasteiger partial charge on any atom is -0.477 e. The molecule has 3 heterocycles. The molecule has 0 bridgehead atoms. The van der Waals surface area contributed by atoms with Crippen molar-refractivity contribution >= 4 is 17.7 Å². The van der Waals surface area contributed by atoms with Gasteiger partial charge in [0.15, 0.2) is 0 Å². The number of halogens is 3. The Bertz CT molecular complexity index is 882. The molecule has 0 radical (unpaired) electrons. The zero-order valence-electron chi connectivity index (χ0n) is 17.6. The summed E-state index contributed by atoms with van der Waals surface area (Å²) in [6, 6.07) is 7.89. The van der Waals surface area contributed by atoms with Gasteiger partial charge in [-0.2, -0.15) is 0 Å². The number of piperidine rings is 1. The van der Waals surface area contributed by atoms with E-state index in [9.17, 15) is 22.8 Å². The van der Waals surface area contributed by atoms with Crippen molar-refractivity contribution in [2.45, 2.75) is 55.9 Å². The second kappa shape index (κ2) is 9.09. The summed E-state index contributed by atoms with van der Waals surface area (Å²) in [6.07, 6.45) is -2.04. The van der Waals surface area contributed by atoms with E-state index >= 15 is 0 Å². The number of carbonyl (C=O) groups is 2. The zero-order valence-corrected chi connectivity index (χ0v) is 17.6. The molecule has 174 valence electrons. The number of ether oxygens (including phenoxy) is 1. The second-order valence-corrected chi connectivity index (χ2v) is 8.69. The van der Waals surface area contributed by atoms with Gasteiger partial charge in [-0.05, 0) is 5.56 Å². The third-order valence-corrected chi connectivity index (χ3v) is 6.08. The minimum atomic E-state index is -2.95. The van der Waals surface area contributed by atoms with E-state index in [2.05, 4.69) is 4.99 Å². The average Bonchev–Trinajstić information content (AvgIpc) is 3.38. The van der Waals surface area contributed by atoms with E-state index in [1.54, 1.807) is 0 Å². The largest absolute Gasteiger partial charge is 0.477 e. The number of nitrogens with zero attached hydrogens (tertiary/aromatic N) is 3. The van der Waals surface area contributed by atoms with Crippen LogP contribution in [0, 0.1) is 0 Å². The molecule has 10 heteroatoms. The molecule has 1 aromatic rings. The van der Waals surface area contributed by atoms with Crippen LogP contribution < -0.4 is 5.73 Å². The summed E-state index contributed by atoms with van der Waals surface area (Å²) in [4.78, 5) is 31.8. The fourth-order valence-corrected chi connectivity index (χ4v) is 4.47. The smallest absolute Gasteiger partial charge is 0.265 e. The van der Waals surface area contributed by atoms with Crippen LogP contribution >= 0.6 is 0 Å². The first kappa shape index (κ1) is 22.6. The second-order valence-electron chi connectivity index (χ2n) is 8.69. The Balaban J connectivity index is 1.38. The summed E-state index contributed by atoms with van der Waals surface area (Å²) in [7, 11) is 0. The van der Waals surface area contributed by atoms with Gasteiger partial charge in [-0.25, -0.2) is 18.2 Å². The number of hydrogen-bond donors (Lipinski definition) is 1. The Hall–Kier alpha value is -2.62. The molecule has 2 saturated heterocycles. The van der Waals surface area contributed by atoms with Crippen LogP contribution in [-0.4, -0.2) is 77.9 Å². The molecule has 0 spiro atoms. The molecule has 0 saturated carbocycles. The third kappa shape index (κ3) is 5.06. The van der Waals surface area contributed by atoms with Gasteiger partial charge in [-0.3, -0.25) is 9.59 Å². The standard InChI is InChI=1S/C22H27F3N4O3/c23-15-8-18(21-27-17(12-32-21)14-4-2-1-3-5-14)29(10-15)20(31)9-16(26)11-28-13-22(24,25)7-6-19(28)30/h1-5,15-18H,6-13,26H2/t15-,16-,17+,18-/m0/s1. The Morgan fingerprint density at radius 2 is 2.06 bits per heavy atom. The van der Waals surface area contributed by atoms with Crippen LogP contribution in [0.3, 0.4) is 0 Å². The fourth-order valence-electron chi connectivity index (χ4n) is 4.47.